The summed E-state index contributed by atoms with van der Waals surface area (Å²) in [5.41, 5.74) is 2.50. The highest BCUT2D eigenvalue weighted by molar-refractivity contribution is 7.99. The number of rotatable bonds is 3. The average Bonchev–Trinajstić information content (AvgIpc) is 2.61. The van der Waals surface area contributed by atoms with Gasteiger partial charge in [-0.3, -0.25) is 0 Å². The minimum absolute atomic E-state index is 0.198. The Labute approximate surface area is 81.6 Å². The fourth-order valence-electron chi connectivity index (χ4n) is 1.53. The van der Waals surface area contributed by atoms with Crippen LogP contribution in [0.2, 0.25) is 0 Å². The molecule has 1 aromatic rings. The molecule has 0 fully saturated rings. The van der Waals surface area contributed by atoms with Gasteiger partial charge in [0.05, 0.1) is 12.3 Å². The second-order valence-corrected chi connectivity index (χ2v) is 4.20. The van der Waals surface area contributed by atoms with Gasteiger partial charge in [-0.25, -0.2) is 0 Å². The summed E-state index contributed by atoms with van der Waals surface area (Å²) >= 11 is 1.56. The second-order valence-electron chi connectivity index (χ2n) is 3.08. The van der Waals surface area contributed by atoms with Crippen LogP contribution in [0.4, 0.5) is 0 Å². The highest BCUT2D eigenvalue weighted by atomic mass is 32.2. The van der Waals surface area contributed by atoms with Crippen molar-refractivity contribution in [3.8, 4) is 0 Å². The van der Waals surface area contributed by atoms with Crippen molar-refractivity contribution >= 4 is 11.8 Å². The third-order valence-electron chi connectivity index (χ3n) is 2.14. The smallest absolute Gasteiger partial charge is 0.119 e. The van der Waals surface area contributed by atoms with Gasteiger partial charge in [0.25, 0.3) is 0 Å². The minimum atomic E-state index is 0.198. The SMILES string of the molecule is OCCSc1cc2c(nn1)CCC2. The van der Waals surface area contributed by atoms with Gasteiger partial charge in [0, 0.05) is 5.75 Å². The Balaban J connectivity index is 2.12. The maximum Gasteiger partial charge on any atom is 0.119 e. The molecule has 1 aliphatic rings. The first kappa shape index (κ1) is 8.97. The van der Waals surface area contributed by atoms with Crippen LogP contribution in [0.3, 0.4) is 0 Å². The Morgan fingerprint density at radius 2 is 2.31 bits per heavy atom. The van der Waals surface area contributed by atoms with Crippen LogP contribution in [0.25, 0.3) is 0 Å². The molecule has 0 radical (unpaired) electrons. The Morgan fingerprint density at radius 3 is 3.15 bits per heavy atom. The average molecular weight is 196 g/mol. The van der Waals surface area contributed by atoms with E-state index in [0.29, 0.717) is 5.75 Å². The van der Waals surface area contributed by atoms with Gasteiger partial charge in [-0.2, -0.15) is 5.10 Å². The normalized spacial score (nSPS) is 14.5. The Hall–Kier alpha value is -0.610. The fraction of sp³-hybridized carbons (Fsp3) is 0.556. The zero-order valence-corrected chi connectivity index (χ0v) is 8.18. The molecule has 0 bridgehead atoms. The van der Waals surface area contributed by atoms with Crippen molar-refractivity contribution in [2.75, 3.05) is 12.4 Å². The van der Waals surface area contributed by atoms with Crippen LogP contribution in [-0.2, 0) is 12.8 Å². The molecule has 0 atom stereocenters. The fourth-order valence-corrected chi connectivity index (χ4v) is 2.15. The van der Waals surface area contributed by atoms with Gasteiger partial charge in [0.1, 0.15) is 5.03 Å². The third kappa shape index (κ3) is 2.00. The predicted molar refractivity (Wildman–Crippen MR) is 51.9 cm³/mol. The Kier molecular flexibility index (Phi) is 2.80. The topological polar surface area (TPSA) is 46.0 Å². The summed E-state index contributed by atoms with van der Waals surface area (Å²) in [7, 11) is 0. The molecule has 0 spiro atoms. The van der Waals surface area contributed by atoms with Gasteiger partial charge in [-0.15, -0.1) is 16.9 Å². The molecule has 0 unspecified atom stereocenters. The maximum absolute atomic E-state index is 8.65. The van der Waals surface area contributed by atoms with Crippen molar-refractivity contribution in [3.05, 3.63) is 17.3 Å². The van der Waals surface area contributed by atoms with Gasteiger partial charge in [-0.1, -0.05) is 0 Å². The van der Waals surface area contributed by atoms with E-state index in [1.54, 1.807) is 11.8 Å². The van der Waals surface area contributed by atoms with E-state index in [1.807, 2.05) is 0 Å². The quantitative estimate of drug-likeness (QED) is 0.734. The first-order chi connectivity index (χ1) is 6.40. The summed E-state index contributed by atoms with van der Waals surface area (Å²) in [5, 5.41) is 17.8. The lowest BCUT2D eigenvalue weighted by molar-refractivity contribution is 0.322. The van der Waals surface area contributed by atoms with Crippen molar-refractivity contribution in [2.45, 2.75) is 24.3 Å². The van der Waals surface area contributed by atoms with E-state index in [2.05, 4.69) is 16.3 Å². The van der Waals surface area contributed by atoms with Gasteiger partial charge < -0.3 is 5.11 Å². The van der Waals surface area contributed by atoms with E-state index < -0.39 is 0 Å². The lowest BCUT2D eigenvalue weighted by Crippen LogP contribution is -1.95. The predicted octanol–water partition coefficient (Wildman–Crippen LogP) is 1.05. The van der Waals surface area contributed by atoms with Crippen molar-refractivity contribution < 1.29 is 5.11 Å². The van der Waals surface area contributed by atoms with E-state index in [-0.39, 0.29) is 6.61 Å². The number of aliphatic hydroxyl groups is 1. The molecule has 3 nitrogen and oxygen atoms in total. The van der Waals surface area contributed by atoms with Gasteiger partial charge in [0.2, 0.25) is 0 Å². The molecule has 4 heteroatoms. The molecular weight excluding hydrogens is 184 g/mol. The van der Waals surface area contributed by atoms with Gasteiger partial charge in [0.15, 0.2) is 0 Å². The highest BCUT2D eigenvalue weighted by Gasteiger charge is 2.13. The minimum Gasteiger partial charge on any atom is -0.396 e. The molecule has 70 valence electrons. The number of hydrogen-bond donors (Lipinski definition) is 1. The molecule has 0 aliphatic heterocycles. The molecule has 13 heavy (non-hydrogen) atoms. The molecule has 0 aromatic carbocycles. The first-order valence-corrected chi connectivity index (χ1v) is 5.48. The zero-order valence-electron chi connectivity index (χ0n) is 7.36. The standard InChI is InChI=1S/C9H12N2OS/c12-4-5-13-9-6-7-2-1-3-8(7)10-11-9/h6,12H,1-5H2. The van der Waals surface area contributed by atoms with Crippen LogP contribution in [0.5, 0.6) is 0 Å². The highest BCUT2D eigenvalue weighted by Crippen LogP contribution is 2.23. The second kappa shape index (κ2) is 4.07. The molecule has 0 saturated heterocycles. The van der Waals surface area contributed by atoms with Crippen LogP contribution >= 0.6 is 11.8 Å². The van der Waals surface area contributed by atoms with Crippen molar-refractivity contribution in [1.29, 1.82) is 0 Å². The number of fused-ring (bicyclic) bond motifs is 1. The first-order valence-electron chi connectivity index (χ1n) is 4.49. The number of aromatic nitrogens is 2. The van der Waals surface area contributed by atoms with E-state index >= 15 is 0 Å². The number of aliphatic hydroxyl groups excluding tert-OH is 1. The molecular formula is C9H12N2OS. The summed E-state index contributed by atoms with van der Waals surface area (Å²) in [6, 6.07) is 2.11. The molecule has 2 rings (SSSR count). The zero-order chi connectivity index (χ0) is 9.10. The molecule has 1 N–H and O–H groups in total. The van der Waals surface area contributed by atoms with Crippen molar-refractivity contribution in [1.82, 2.24) is 10.2 Å². The maximum atomic E-state index is 8.65. The monoisotopic (exact) mass is 196 g/mol. The molecule has 1 heterocycles. The molecule has 0 amide bonds. The molecule has 0 saturated carbocycles. The van der Waals surface area contributed by atoms with Crippen LogP contribution in [0.1, 0.15) is 17.7 Å². The summed E-state index contributed by atoms with van der Waals surface area (Å²) < 4.78 is 0. The Bertz CT molecular complexity index is 304. The van der Waals surface area contributed by atoms with E-state index in [0.717, 1.165) is 23.6 Å². The van der Waals surface area contributed by atoms with Crippen LogP contribution in [-0.4, -0.2) is 27.7 Å². The number of nitrogens with zero attached hydrogens (tertiary/aromatic N) is 2. The van der Waals surface area contributed by atoms with Crippen molar-refractivity contribution in [3.63, 3.8) is 0 Å². The van der Waals surface area contributed by atoms with Crippen LogP contribution in [0, 0.1) is 0 Å². The summed E-state index contributed by atoms with van der Waals surface area (Å²) in [6.07, 6.45) is 3.42. The number of aryl methyl sites for hydroxylation is 2. The van der Waals surface area contributed by atoms with Crippen LogP contribution < -0.4 is 0 Å². The number of hydrogen-bond acceptors (Lipinski definition) is 4. The Morgan fingerprint density at radius 1 is 1.38 bits per heavy atom. The molecule has 1 aromatic heterocycles. The van der Waals surface area contributed by atoms with Gasteiger partial charge in [-0.05, 0) is 30.9 Å². The lowest BCUT2D eigenvalue weighted by atomic mass is 10.2. The van der Waals surface area contributed by atoms with Gasteiger partial charge >= 0.3 is 0 Å². The number of thioether (sulfide) groups is 1. The van der Waals surface area contributed by atoms with E-state index in [4.69, 9.17) is 5.11 Å². The summed E-state index contributed by atoms with van der Waals surface area (Å²) in [4.78, 5) is 0. The van der Waals surface area contributed by atoms with Crippen molar-refractivity contribution in [2.24, 2.45) is 0 Å². The lowest BCUT2D eigenvalue weighted by Gasteiger charge is -2.00. The molecule has 1 aliphatic carbocycles. The third-order valence-corrected chi connectivity index (χ3v) is 3.02. The van der Waals surface area contributed by atoms with Crippen LogP contribution in [0.15, 0.2) is 11.1 Å². The largest absolute Gasteiger partial charge is 0.396 e. The van der Waals surface area contributed by atoms with E-state index in [1.165, 1.54) is 12.0 Å². The van der Waals surface area contributed by atoms with E-state index in [9.17, 15) is 0 Å². The summed E-state index contributed by atoms with van der Waals surface area (Å²) in [6.45, 7) is 0.198. The summed E-state index contributed by atoms with van der Waals surface area (Å²) in [5.74, 6) is 0.702.